The summed E-state index contributed by atoms with van der Waals surface area (Å²) in [6.07, 6.45) is 1.21. The van der Waals surface area contributed by atoms with Gasteiger partial charge in [0.15, 0.2) is 0 Å². The maximum absolute atomic E-state index is 13.0. The van der Waals surface area contributed by atoms with Crippen LogP contribution in [0.1, 0.15) is 33.6 Å². The molecule has 0 aliphatic carbocycles. The van der Waals surface area contributed by atoms with E-state index in [-0.39, 0.29) is 0 Å². The Hall–Kier alpha value is -0.110. The van der Waals surface area contributed by atoms with E-state index >= 15 is 0 Å². The summed E-state index contributed by atoms with van der Waals surface area (Å²) < 4.78 is 13.0. The molecule has 1 fully saturated rings. The van der Waals surface area contributed by atoms with Crippen molar-refractivity contribution < 1.29 is 4.39 Å². The fourth-order valence-electron chi connectivity index (χ4n) is 1.81. The number of nitrogens with zero attached hydrogens (tertiary/aromatic N) is 1. The Morgan fingerprint density at radius 3 is 2.58 bits per heavy atom. The van der Waals surface area contributed by atoms with Crippen molar-refractivity contribution in [3.63, 3.8) is 0 Å². The predicted octanol–water partition coefficient (Wildman–Crippen LogP) is 2.47. The van der Waals surface area contributed by atoms with E-state index < -0.39 is 6.17 Å². The first kappa shape index (κ1) is 9.97. The van der Waals surface area contributed by atoms with E-state index in [0.29, 0.717) is 12.0 Å². The summed E-state index contributed by atoms with van der Waals surface area (Å²) in [6.45, 7) is 9.36. The first-order valence-corrected chi connectivity index (χ1v) is 4.84. The third kappa shape index (κ3) is 3.53. The molecule has 0 amide bonds. The number of piperidine rings is 1. The van der Waals surface area contributed by atoms with Crippen molar-refractivity contribution in [3.05, 3.63) is 0 Å². The molecule has 1 saturated heterocycles. The lowest BCUT2D eigenvalue weighted by Gasteiger charge is -2.33. The Balaban J connectivity index is 2.32. The summed E-state index contributed by atoms with van der Waals surface area (Å²) in [5.74, 6) is 0. The van der Waals surface area contributed by atoms with Crippen LogP contribution in [0, 0.1) is 5.41 Å². The second-order valence-corrected chi connectivity index (χ2v) is 5.04. The summed E-state index contributed by atoms with van der Waals surface area (Å²) in [4.78, 5) is 2.24. The molecule has 12 heavy (non-hydrogen) atoms. The number of hydrogen-bond acceptors (Lipinski definition) is 1. The molecule has 1 aliphatic heterocycles. The molecule has 0 spiro atoms. The van der Waals surface area contributed by atoms with E-state index in [2.05, 4.69) is 25.7 Å². The van der Waals surface area contributed by atoms with Crippen LogP contribution in [0.4, 0.5) is 4.39 Å². The van der Waals surface area contributed by atoms with Gasteiger partial charge in [0.1, 0.15) is 6.17 Å². The lowest BCUT2D eigenvalue weighted by molar-refractivity contribution is 0.105. The molecular weight excluding hydrogens is 153 g/mol. The Kier molecular flexibility index (Phi) is 3.10. The molecular formula is C10H20FN. The quantitative estimate of drug-likeness (QED) is 0.589. The number of halogens is 1. The molecule has 0 bridgehead atoms. The highest BCUT2D eigenvalue weighted by Crippen LogP contribution is 2.19. The average molecular weight is 173 g/mol. The number of hydrogen-bond donors (Lipinski definition) is 0. The molecule has 0 saturated carbocycles. The predicted molar refractivity (Wildman–Crippen MR) is 50.0 cm³/mol. The highest BCUT2D eigenvalue weighted by molar-refractivity contribution is 4.76. The van der Waals surface area contributed by atoms with Gasteiger partial charge in [0.25, 0.3) is 0 Å². The molecule has 1 aliphatic rings. The molecule has 1 atom stereocenters. The molecule has 0 aromatic rings. The Labute approximate surface area is 74.9 Å². The molecule has 1 nitrogen and oxygen atoms in total. The van der Waals surface area contributed by atoms with E-state index in [1.54, 1.807) is 0 Å². The lowest BCUT2D eigenvalue weighted by Crippen LogP contribution is -2.41. The monoisotopic (exact) mass is 173 g/mol. The van der Waals surface area contributed by atoms with Crippen molar-refractivity contribution >= 4 is 0 Å². The van der Waals surface area contributed by atoms with E-state index in [4.69, 9.17) is 0 Å². The maximum Gasteiger partial charge on any atom is 0.113 e. The molecule has 0 aromatic heterocycles. The van der Waals surface area contributed by atoms with Gasteiger partial charge in [-0.25, -0.2) is 4.39 Å². The van der Waals surface area contributed by atoms with Gasteiger partial charge in [0, 0.05) is 13.1 Å². The molecule has 1 heterocycles. The summed E-state index contributed by atoms with van der Waals surface area (Å²) >= 11 is 0. The molecule has 1 rings (SSSR count). The van der Waals surface area contributed by atoms with Gasteiger partial charge in [-0.05, 0) is 24.8 Å². The van der Waals surface area contributed by atoms with Gasteiger partial charge in [-0.15, -0.1) is 0 Å². The van der Waals surface area contributed by atoms with Gasteiger partial charge in [-0.1, -0.05) is 20.8 Å². The minimum absolute atomic E-state index is 0.303. The number of rotatable bonds is 1. The van der Waals surface area contributed by atoms with Crippen LogP contribution in [0.2, 0.25) is 0 Å². The van der Waals surface area contributed by atoms with E-state index in [0.717, 1.165) is 25.9 Å². The molecule has 1 unspecified atom stereocenters. The third-order valence-electron chi connectivity index (χ3n) is 2.15. The Morgan fingerprint density at radius 2 is 2.08 bits per heavy atom. The smallest absolute Gasteiger partial charge is 0.113 e. The van der Waals surface area contributed by atoms with E-state index in [1.165, 1.54) is 0 Å². The van der Waals surface area contributed by atoms with Crippen LogP contribution in [0.15, 0.2) is 0 Å². The highest BCUT2D eigenvalue weighted by Gasteiger charge is 2.22. The van der Waals surface area contributed by atoms with E-state index in [9.17, 15) is 4.39 Å². The van der Waals surface area contributed by atoms with Crippen molar-refractivity contribution in [2.45, 2.75) is 39.8 Å². The van der Waals surface area contributed by atoms with Crippen molar-refractivity contribution in [1.82, 2.24) is 4.90 Å². The summed E-state index contributed by atoms with van der Waals surface area (Å²) in [7, 11) is 0. The standard InChI is InChI=1S/C10H20FN/c1-10(2,3)8-12-6-4-5-9(11)7-12/h9H,4-8H2,1-3H3. The first-order chi connectivity index (χ1) is 5.47. The van der Waals surface area contributed by atoms with Crippen LogP contribution < -0.4 is 0 Å². The van der Waals surface area contributed by atoms with Gasteiger partial charge in [-0.2, -0.15) is 0 Å². The summed E-state index contributed by atoms with van der Waals surface area (Å²) in [5, 5.41) is 0. The van der Waals surface area contributed by atoms with Crippen LogP contribution in [-0.2, 0) is 0 Å². The van der Waals surface area contributed by atoms with Gasteiger partial charge >= 0.3 is 0 Å². The van der Waals surface area contributed by atoms with Crippen LogP contribution in [0.3, 0.4) is 0 Å². The molecule has 0 radical (unpaired) electrons. The summed E-state index contributed by atoms with van der Waals surface area (Å²) in [6, 6.07) is 0. The molecule has 2 heteroatoms. The number of alkyl halides is 1. The second kappa shape index (κ2) is 3.73. The van der Waals surface area contributed by atoms with Crippen LogP contribution in [0.5, 0.6) is 0 Å². The minimum Gasteiger partial charge on any atom is -0.300 e. The molecule has 0 aromatic carbocycles. The van der Waals surface area contributed by atoms with Gasteiger partial charge in [-0.3, -0.25) is 4.90 Å². The van der Waals surface area contributed by atoms with Gasteiger partial charge < -0.3 is 0 Å². The van der Waals surface area contributed by atoms with Crippen molar-refractivity contribution in [3.8, 4) is 0 Å². The Bertz CT molecular complexity index is 139. The third-order valence-corrected chi connectivity index (χ3v) is 2.15. The summed E-state index contributed by atoms with van der Waals surface area (Å²) in [5.41, 5.74) is 0.303. The first-order valence-electron chi connectivity index (χ1n) is 4.84. The molecule has 0 N–H and O–H groups in total. The van der Waals surface area contributed by atoms with Crippen LogP contribution in [0.25, 0.3) is 0 Å². The number of likely N-dealkylation sites (tertiary alicyclic amines) is 1. The maximum atomic E-state index is 13.0. The normalized spacial score (nSPS) is 27.5. The Morgan fingerprint density at radius 1 is 1.42 bits per heavy atom. The zero-order valence-electron chi connectivity index (χ0n) is 8.44. The fraction of sp³-hybridized carbons (Fsp3) is 1.00. The highest BCUT2D eigenvalue weighted by atomic mass is 19.1. The zero-order valence-corrected chi connectivity index (χ0v) is 8.44. The average Bonchev–Trinajstić information content (AvgIpc) is 1.82. The molecule has 72 valence electrons. The van der Waals surface area contributed by atoms with Gasteiger partial charge in [0.2, 0.25) is 0 Å². The minimum atomic E-state index is -0.582. The lowest BCUT2D eigenvalue weighted by atomic mass is 9.95. The van der Waals surface area contributed by atoms with E-state index in [1.807, 2.05) is 0 Å². The zero-order chi connectivity index (χ0) is 9.19. The topological polar surface area (TPSA) is 3.24 Å². The SMILES string of the molecule is CC(C)(C)CN1CCCC(F)C1. The fourth-order valence-corrected chi connectivity index (χ4v) is 1.81. The van der Waals surface area contributed by atoms with Crippen molar-refractivity contribution in [2.24, 2.45) is 5.41 Å². The second-order valence-electron chi connectivity index (χ2n) is 5.04. The van der Waals surface area contributed by atoms with Crippen molar-refractivity contribution in [1.29, 1.82) is 0 Å². The van der Waals surface area contributed by atoms with Gasteiger partial charge in [0.05, 0.1) is 0 Å². The van der Waals surface area contributed by atoms with Crippen LogP contribution in [-0.4, -0.2) is 30.7 Å². The van der Waals surface area contributed by atoms with Crippen molar-refractivity contribution in [2.75, 3.05) is 19.6 Å². The van der Waals surface area contributed by atoms with Crippen LogP contribution >= 0.6 is 0 Å². The largest absolute Gasteiger partial charge is 0.300 e.